The molecule has 0 aliphatic heterocycles. The zero-order valence-corrected chi connectivity index (χ0v) is 14.5. The molecule has 0 bridgehead atoms. The highest BCUT2D eigenvalue weighted by molar-refractivity contribution is 5.67. The van der Waals surface area contributed by atoms with Gasteiger partial charge in [-0.15, -0.1) is 0 Å². The zero-order valence-electron chi connectivity index (χ0n) is 14.5. The highest BCUT2D eigenvalue weighted by atomic mass is 16.7. The Hall–Kier alpha value is -2.28. The third-order valence-electron chi connectivity index (χ3n) is 2.74. The molecule has 0 saturated heterocycles. The van der Waals surface area contributed by atoms with Crippen molar-refractivity contribution in [3.05, 3.63) is 29.8 Å². The topological polar surface area (TPSA) is 94.1 Å². The molecule has 0 fully saturated rings. The smallest absolute Gasteiger partial charge is 0.444 e. The Morgan fingerprint density at radius 1 is 1.21 bits per heavy atom. The lowest BCUT2D eigenvalue weighted by atomic mass is 10.1. The van der Waals surface area contributed by atoms with Crippen LogP contribution in [0, 0.1) is 0 Å². The normalized spacial score (nSPS) is 12.2. The van der Waals surface area contributed by atoms with Gasteiger partial charge in [-0.25, -0.2) is 9.59 Å². The predicted molar refractivity (Wildman–Crippen MR) is 88.0 cm³/mol. The van der Waals surface area contributed by atoms with Crippen LogP contribution in [0.3, 0.4) is 0 Å². The molecule has 1 atom stereocenters. The first-order chi connectivity index (χ1) is 11.2. The molecule has 1 rings (SSSR count). The number of rotatable bonds is 6. The minimum absolute atomic E-state index is 0.0794. The van der Waals surface area contributed by atoms with Crippen molar-refractivity contribution in [1.29, 1.82) is 0 Å². The molecule has 2 N–H and O–H groups in total. The fourth-order valence-electron chi connectivity index (χ4n) is 1.80. The number of alkyl carbamates (subject to hydrolysis) is 1. The van der Waals surface area contributed by atoms with E-state index in [9.17, 15) is 14.7 Å². The molecule has 0 unspecified atom stereocenters. The van der Waals surface area contributed by atoms with Gasteiger partial charge < -0.3 is 24.6 Å². The summed E-state index contributed by atoms with van der Waals surface area (Å²) in [6.45, 7) is 7.32. The number of nitrogens with one attached hydrogen (secondary N) is 1. The second kappa shape index (κ2) is 9.12. The third-order valence-corrected chi connectivity index (χ3v) is 2.74. The summed E-state index contributed by atoms with van der Waals surface area (Å²) in [6, 6.07) is 6.68. The first-order valence-electron chi connectivity index (χ1n) is 7.78. The van der Waals surface area contributed by atoms with Crippen LogP contribution in [0.1, 0.15) is 33.3 Å². The van der Waals surface area contributed by atoms with E-state index in [1.165, 1.54) is 0 Å². The summed E-state index contributed by atoms with van der Waals surface area (Å²) in [4.78, 5) is 22.7. The number of hydrogen-bond donors (Lipinski definition) is 2. The van der Waals surface area contributed by atoms with Gasteiger partial charge in [0.25, 0.3) is 0 Å². The summed E-state index contributed by atoms with van der Waals surface area (Å²) < 4.78 is 14.7. The van der Waals surface area contributed by atoms with Crippen molar-refractivity contribution in [1.82, 2.24) is 5.32 Å². The molecule has 24 heavy (non-hydrogen) atoms. The number of carbonyl (C=O) groups is 2. The maximum atomic E-state index is 11.5. The first-order valence-corrected chi connectivity index (χ1v) is 7.78. The highest BCUT2D eigenvalue weighted by Gasteiger charge is 2.17. The SMILES string of the molecule is CCOC(=O)Oc1ccc(C[C@H](O)CNC(=O)OC(C)(C)C)cc1. The van der Waals surface area contributed by atoms with Crippen molar-refractivity contribution in [2.24, 2.45) is 0 Å². The van der Waals surface area contributed by atoms with E-state index in [1.54, 1.807) is 52.0 Å². The lowest BCUT2D eigenvalue weighted by molar-refractivity contribution is 0.0492. The van der Waals surface area contributed by atoms with Crippen molar-refractivity contribution < 1.29 is 28.9 Å². The average molecular weight is 339 g/mol. The zero-order chi connectivity index (χ0) is 18.2. The van der Waals surface area contributed by atoms with E-state index in [1.807, 2.05) is 0 Å². The molecule has 0 spiro atoms. The lowest BCUT2D eigenvalue weighted by Gasteiger charge is -2.20. The van der Waals surface area contributed by atoms with Crippen LogP contribution in [0.5, 0.6) is 5.75 Å². The minimum atomic E-state index is -0.758. The van der Waals surface area contributed by atoms with Crippen molar-refractivity contribution >= 4 is 12.2 Å². The molecule has 0 aliphatic carbocycles. The molecule has 7 heteroatoms. The number of amides is 1. The molecule has 0 heterocycles. The van der Waals surface area contributed by atoms with Gasteiger partial charge in [-0.1, -0.05) is 12.1 Å². The van der Waals surface area contributed by atoms with Gasteiger partial charge in [0.2, 0.25) is 0 Å². The number of benzene rings is 1. The van der Waals surface area contributed by atoms with E-state index in [4.69, 9.17) is 9.47 Å². The molecule has 7 nitrogen and oxygen atoms in total. The van der Waals surface area contributed by atoms with E-state index in [-0.39, 0.29) is 13.2 Å². The number of hydrogen-bond acceptors (Lipinski definition) is 6. The Morgan fingerprint density at radius 2 is 1.83 bits per heavy atom. The van der Waals surface area contributed by atoms with Gasteiger partial charge in [-0.05, 0) is 45.4 Å². The first kappa shape index (κ1) is 19.8. The molecule has 1 aromatic carbocycles. The maximum Gasteiger partial charge on any atom is 0.513 e. The van der Waals surface area contributed by atoms with Crippen LogP contribution >= 0.6 is 0 Å². The molecule has 0 aliphatic rings. The second-order valence-corrected chi connectivity index (χ2v) is 6.17. The van der Waals surface area contributed by atoms with Gasteiger partial charge in [-0.2, -0.15) is 0 Å². The summed E-state index contributed by atoms with van der Waals surface area (Å²) in [6.07, 6.45) is -1.74. The number of aliphatic hydroxyl groups is 1. The Morgan fingerprint density at radius 3 is 2.38 bits per heavy atom. The largest absolute Gasteiger partial charge is 0.513 e. The summed E-state index contributed by atoms with van der Waals surface area (Å²) in [7, 11) is 0. The van der Waals surface area contributed by atoms with Gasteiger partial charge in [0, 0.05) is 13.0 Å². The summed E-state index contributed by atoms with van der Waals surface area (Å²) in [5, 5.41) is 12.5. The molecular weight excluding hydrogens is 314 g/mol. The van der Waals surface area contributed by atoms with E-state index in [2.05, 4.69) is 10.1 Å². The fraction of sp³-hybridized carbons (Fsp3) is 0.529. The molecule has 0 saturated carbocycles. The Bertz CT molecular complexity index is 535. The van der Waals surface area contributed by atoms with Crippen LogP contribution in [-0.2, 0) is 15.9 Å². The molecule has 1 amide bonds. The summed E-state index contributed by atoms with van der Waals surface area (Å²) >= 11 is 0. The standard InChI is InChI=1S/C17H25NO6/c1-5-22-16(21)23-14-8-6-12(7-9-14)10-13(19)11-18-15(20)24-17(2,3)4/h6-9,13,19H,5,10-11H2,1-4H3,(H,18,20)/t13-/m0/s1. The van der Waals surface area contributed by atoms with Gasteiger partial charge >= 0.3 is 12.2 Å². The Balaban J connectivity index is 2.40. The van der Waals surface area contributed by atoms with Gasteiger partial charge in [0.15, 0.2) is 0 Å². The average Bonchev–Trinajstić information content (AvgIpc) is 2.46. The van der Waals surface area contributed by atoms with Gasteiger partial charge in [0.05, 0.1) is 12.7 Å². The third kappa shape index (κ3) is 8.38. The maximum absolute atomic E-state index is 11.5. The van der Waals surface area contributed by atoms with Crippen molar-refractivity contribution in [3.8, 4) is 5.75 Å². The number of aliphatic hydroxyl groups excluding tert-OH is 1. The molecule has 0 radical (unpaired) electrons. The van der Waals surface area contributed by atoms with Crippen LogP contribution in [0.4, 0.5) is 9.59 Å². The number of carbonyl (C=O) groups excluding carboxylic acids is 2. The highest BCUT2D eigenvalue weighted by Crippen LogP contribution is 2.14. The molecule has 0 aromatic heterocycles. The molecule has 1 aromatic rings. The summed E-state index contributed by atoms with van der Waals surface area (Å²) in [5.41, 5.74) is 0.258. The van der Waals surface area contributed by atoms with Crippen LogP contribution in [0.15, 0.2) is 24.3 Å². The molecule has 134 valence electrons. The minimum Gasteiger partial charge on any atom is -0.444 e. The van der Waals surface area contributed by atoms with E-state index < -0.39 is 24.0 Å². The van der Waals surface area contributed by atoms with Crippen molar-refractivity contribution in [3.63, 3.8) is 0 Å². The lowest BCUT2D eigenvalue weighted by Crippen LogP contribution is -2.37. The van der Waals surface area contributed by atoms with Gasteiger partial charge in [0.1, 0.15) is 11.4 Å². The van der Waals surface area contributed by atoms with Crippen molar-refractivity contribution in [2.45, 2.75) is 45.8 Å². The summed E-state index contributed by atoms with van der Waals surface area (Å²) in [5.74, 6) is 0.360. The number of ether oxygens (including phenoxy) is 3. The fourth-order valence-corrected chi connectivity index (χ4v) is 1.80. The van der Waals surface area contributed by atoms with Crippen LogP contribution in [-0.4, -0.2) is 42.2 Å². The van der Waals surface area contributed by atoms with Crippen LogP contribution in [0.2, 0.25) is 0 Å². The van der Waals surface area contributed by atoms with E-state index in [0.717, 1.165) is 5.56 Å². The van der Waals surface area contributed by atoms with Crippen molar-refractivity contribution in [2.75, 3.05) is 13.2 Å². The monoisotopic (exact) mass is 339 g/mol. The van der Waals surface area contributed by atoms with E-state index in [0.29, 0.717) is 12.2 Å². The van der Waals surface area contributed by atoms with Crippen LogP contribution < -0.4 is 10.1 Å². The predicted octanol–water partition coefficient (Wildman–Crippen LogP) is 2.65. The Labute approximate surface area is 141 Å². The Kier molecular flexibility index (Phi) is 7.51. The molecular formula is C17H25NO6. The van der Waals surface area contributed by atoms with Crippen LogP contribution in [0.25, 0.3) is 0 Å². The second-order valence-electron chi connectivity index (χ2n) is 6.17. The van der Waals surface area contributed by atoms with Gasteiger partial charge in [-0.3, -0.25) is 0 Å². The van der Waals surface area contributed by atoms with E-state index >= 15 is 0 Å². The quantitative estimate of drug-likeness (QED) is 0.611.